The van der Waals surface area contributed by atoms with Crippen LogP contribution in [0.4, 0.5) is 0 Å². The van der Waals surface area contributed by atoms with Crippen LogP contribution in [0, 0.1) is 5.92 Å². The molecule has 0 bridgehead atoms. The summed E-state index contributed by atoms with van der Waals surface area (Å²) in [6, 6.07) is 15.9. The third-order valence-electron chi connectivity index (χ3n) is 8.00. The van der Waals surface area contributed by atoms with Crippen LogP contribution in [-0.4, -0.2) is 34.7 Å². The lowest BCUT2D eigenvalue weighted by atomic mass is 9.85. The second kappa shape index (κ2) is 10.2. The van der Waals surface area contributed by atoms with Crippen molar-refractivity contribution in [1.29, 1.82) is 0 Å². The number of piperidine rings is 1. The minimum atomic E-state index is -0.0240. The Morgan fingerprint density at radius 2 is 1.24 bits per heavy atom. The number of hydrogen-bond donors (Lipinski definition) is 2. The van der Waals surface area contributed by atoms with Crippen molar-refractivity contribution in [1.82, 2.24) is 4.90 Å². The Morgan fingerprint density at radius 1 is 0.697 bits per heavy atom. The number of unbranched alkanes of at least 4 members (excludes halogenated alkanes) is 1. The van der Waals surface area contributed by atoms with Gasteiger partial charge in [0.25, 0.3) is 0 Å². The van der Waals surface area contributed by atoms with E-state index in [1.54, 1.807) is 0 Å². The largest absolute Gasteiger partial charge is 0.504 e. The van der Waals surface area contributed by atoms with Crippen molar-refractivity contribution in [3.05, 3.63) is 76.4 Å². The van der Waals surface area contributed by atoms with Gasteiger partial charge in [-0.1, -0.05) is 99.0 Å². The number of aliphatic hydroxyl groups is 2. The average molecular weight is 444 g/mol. The van der Waals surface area contributed by atoms with E-state index in [1.807, 2.05) is 36.4 Å². The Kier molecular flexibility index (Phi) is 6.87. The van der Waals surface area contributed by atoms with Crippen LogP contribution in [0.25, 0.3) is 17.1 Å². The number of nitrogens with zero attached hydrogens (tertiary/aromatic N) is 1. The molecular weight excluding hydrogens is 406 g/mol. The summed E-state index contributed by atoms with van der Waals surface area (Å²) in [5.41, 5.74) is 6.15. The number of rotatable bonds is 5. The van der Waals surface area contributed by atoms with E-state index < -0.39 is 0 Å². The van der Waals surface area contributed by atoms with E-state index in [4.69, 9.17) is 0 Å². The van der Waals surface area contributed by atoms with Crippen LogP contribution < -0.4 is 0 Å². The van der Waals surface area contributed by atoms with Crippen LogP contribution in [-0.2, 0) is 0 Å². The lowest BCUT2D eigenvalue weighted by Crippen LogP contribution is -2.32. The molecule has 2 fully saturated rings. The van der Waals surface area contributed by atoms with E-state index in [0.717, 1.165) is 54.1 Å². The summed E-state index contributed by atoms with van der Waals surface area (Å²) >= 11 is 0. The maximum Gasteiger partial charge on any atom is 0.166 e. The minimum absolute atomic E-state index is 0.0240. The predicted octanol–water partition coefficient (Wildman–Crippen LogP) is 7.59. The maximum atomic E-state index is 10.8. The lowest BCUT2D eigenvalue weighted by Gasteiger charge is -2.30. The van der Waals surface area contributed by atoms with Crippen molar-refractivity contribution in [2.24, 2.45) is 5.92 Å². The van der Waals surface area contributed by atoms with Crippen molar-refractivity contribution < 1.29 is 10.2 Å². The number of likely N-dealkylation sites (tertiary alicyclic amines) is 1. The third kappa shape index (κ3) is 4.75. The van der Waals surface area contributed by atoms with Crippen LogP contribution in [0.3, 0.4) is 0 Å². The molecule has 33 heavy (non-hydrogen) atoms. The predicted molar refractivity (Wildman–Crippen MR) is 137 cm³/mol. The summed E-state index contributed by atoms with van der Waals surface area (Å²) in [4.78, 5) is 2.63. The summed E-state index contributed by atoms with van der Waals surface area (Å²) in [5.74, 6) is 0.946. The van der Waals surface area contributed by atoms with Gasteiger partial charge in [-0.25, -0.2) is 0 Å². The molecule has 0 radical (unpaired) electrons. The van der Waals surface area contributed by atoms with Crippen LogP contribution in [0.15, 0.2) is 54.1 Å². The summed E-state index contributed by atoms with van der Waals surface area (Å²) < 4.78 is 0. The highest BCUT2D eigenvalue weighted by Gasteiger charge is 2.27. The van der Waals surface area contributed by atoms with Gasteiger partial charge in [-0.2, -0.15) is 0 Å². The highest BCUT2D eigenvalue weighted by molar-refractivity contribution is 5.99. The van der Waals surface area contributed by atoms with Crippen molar-refractivity contribution in [3.63, 3.8) is 0 Å². The fraction of sp³-hybridized carbons (Fsp3) is 0.467. The molecule has 0 aromatic heterocycles. The smallest absolute Gasteiger partial charge is 0.166 e. The molecule has 0 atom stereocenters. The first-order chi connectivity index (χ1) is 16.2. The summed E-state index contributed by atoms with van der Waals surface area (Å²) in [7, 11) is 0. The average Bonchev–Trinajstić information content (AvgIpc) is 2.96. The van der Waals surface area contributed by atoms with Crippen LogP contribution in [0.1, 0.15) is 86.5 Å². The topological polar surface area (TPSA) is 43.7 Å². The molecule has 1 aliphatic heterocycles. The molecule has 5 rings (SSSR count). The molecule has 2 N–H and O–H groups in total. The molecule has 1 saturated heterocycles. The molecule has 1 heterocycles. The van der Waals surface area contributed by atoms with Crippen LogP contribution in [0.5, 0.6) is 0 Å². The Hall–Kier alpha value is -2.52. The number of benzene rings is 2. The summed E-state index contributed by atoms with van der Waals surface area (Å²) in [5, 5.41) is 21.7. The van der Waals surface area contributed by atoms with Gasteiger partial charge in [0.05, 0.1) is 0 Å². The number of fused-ring (bicyclic) bond motifs is 2. The third-order valence-corrected chi connectivity index (χ3v) is 8.00. The van der Waals surface area contributed by atoms with Crippen LogP contribution >= 0.6 is 0 Å². The quantitative estimate of drug-likeness (QED) is 0.468. The minimum Gasteiger partial charge on any atom is -0.504 e. The molecule has 1 saturated carbocycles. The van der Waals surface area contributed by atoms with Gasteiger partial charge in [0.2, 0.25) is 0 Å². The monoisotopic (exact) mass is 443 g/mol. The van der Waals surface area contributed by atoms with E-state index >= 15 is 0 Å². The summed E-state index contributed by atoms with van der Waals surface area (Å²) in [6.07, 6.45) is 13.5. The normalized spacial score (nSPS) is 19.9. The van der Waals surface area contributed by atoms with E-state index in [0.29, 0.717) is 0 Å². The zero-order valence-electron chi connectivity index (χ0n) is 19.7. The molecule has 2 aromatic rings. The van der Waals surface area contributed by atoms with Gasteiger partial charge in [0, 0.05) is 24.2 Å². The Bertz CT molecular complexity index is 977. The SMILES string of the molecule is OC1=C(O)c2ccccc2C(=C2CCN(CCCCC3CCCCC3)CC2)c2ccccc21. The fourth-order valence-corrected chi connectivity index (χ4v) is 6.14. The van der Waals surface area contributed by atoms with Gasteiger partial charge < -0.3 is 15.1 Å². The molecule has 174 valence electrons. The van der Waals surface area contributed by atoms with Crippen molar-refractivity contribution in [2.75, 3.05) is 19.6 Å². The summed E-state index contributed by atoms with van der Waals surface area (Å²) in [6.45, 7) is 3.40. The molecule has 3 heteroatoms. The maximum absolute atomic E-state index is 10.8. The Labute approximate surface area is 198 Å². The van der Waals surface area contributed by atoms with E-state index in [1.165, 1.54) is 69.1 Å². The highest BCUT2D eigenvalue weighted by Crippen LogP contribution is 2.42. The first kappa shape index (κ1) is 22.3. The van der Waals surface area contributed by atoms with Crippen LogP contribution in [0.2, 0.25) is 0 Å². The zero-order chi connectivity index (χ0) is 22.6. The first-order valence-corrected chi connectivity index (χ1v) is 13.0. The molecule has 0 amide bonds. The van der Waals surface area contributed by atoms with Crippen molar-refractivity contribution in [3.8, 4) is 0 Å². The van der Waals surface area contributed by atoms with E-state index in [2.05, 4.69) is 17.0 Å². The number of hydrogen-bond acceptors (Lipinski definition) is 3. The van der Waals surface area contributed by atoms with E-state index in [9.17, 15) is 10.2 Å². The highest BCUT2D eigenvalue weighted by atomic mass is 16.3. The molecule has 0 spiro atoms. The second-order valence-corrected chi connectivity index (χ2v) is 10.1. The molecule has 3 aliphatic rings. The van der Waals surface area contributed by atoms with Gasteiger partial charge >= 0.3 is 0 Å². The second-order valence-electron chi connectivity index (χ2n) is 10.1. The molecule has 3 nitrogen and oxygen atoms in total. The van der Waals surface area contributed by atoms with Gasteiger partial charge in [0.1, 0.15) is 0 Å². The molecule has 2 aromatic carbocycles. The van der Waals surface area contributed by atoms with Gasteiger partial charge in [-0.3, -0.25) is 0 Å². The van der Waals surface area contributed by atoms with Crippen molar-refractivity contribution in [2.45, 2.75) is 64.2 Å². The Balaban J connectivity index is 1.31. The van der Waals surface area contributed by atoms with Crippen molar-refractivity contribution >= 4 is 17.1 Å². The van der Waals surface area contributed by atoms with Gasteiger partial charge in [-0.15, -0.1) is 0 Å². The first-order valence-electron chi connectivity index (χ1n) is 13.0. The molecule has 0 unspecified atom stereocenters. The fourth-order valence-electron chi connectivity index (χ4n) is 6.14. The standard InChI is InChI=1S/C30H37NO2/c32-29-26-15-6-4-13-24(26)28(25-14-5-7-16-27(25)30(29)33)23-17-20-31(21-18-23)19-9-8-12-22-10-2-1-3-11-22/h4-7,13-16,22,32-33H,1-3,8-12,17-21H2. The molecular formula is C30H37NO2. The molecule has 2 aliphatic carbocycles. The lowest BCUT2D eigenvalue weighted by molar-refractivity contribution is 0.244. The number of aliphatic hydroxyl groups excluding tert-OH is 2. The van der Waals surface area contributed by atoms with Gasteiger partial charge in [0.15, 0.2) is 11.5 Å². The zero-order valence-corrected chi connectivity index (χ0v) is 19.7. The van der Waals surface area contributed by atoms with Gasteiger partial charge in [-0.05, 0) is 48.4 Å². The Morgan fingerprint density at radius 3 is 1.82 bits per heavy atom. The van der Waals surface area contributed by atoms with E-state index in [-0.39, 0.29) is 11.5 Å².